The van der Waals surface area contributed by atoms with Crippen LogP contribution >= 0.6 is 7.82 Å². The fourth-order valence-electron chi connectivity index (χ4n) is 5.47. The van der Waals surface area contributed by atoms with E-state index in [4.69, 9.17) is 13.8 Å². The topological polar surface area (TPSA) is 131 Å². The number of unbranched alkanes of at least 4 members (excludes halogenated alkanes) is 21. The second-order valence-electron chi connectivity index (χ2n) is 13.6. The Bertz CT molecular complexity index is 881. The van der Waals surface area contributed by atoms with Gasteiger partial charge in [0.15, 0.2) is 0 Å². The normalized spacial score (nSPS) is 13.6. The number of phosphoric acid groups is 1. The largest absolute Gasteiger partial charge is 0.472 e. The van der Waals surface area contributed by atoms with Crippen molar-refractivity contribution in [2.24, 2.45) is 0 Å². The first-order chi connectivity index (χ1) is 24.3. The van der Waals surface area contributed by atoms with Crippen LogP contribution in [0.2, 0.25) is 0 Å². The number of nitrogens with one attached hydrogen (secondary N) is 1. The molecular formula is C40H76NO8P. The molecule has 50 heavy (non-hydrogen) atoms. The van der Waals surface area contributed by atoms with Crippen molar-refractivity contribution >= 4 is 19.7 Å². The Morgan fingerprint density at radius 1 is 0.600 bits per heavy atom. The number of ether oxygens (including phenoxy) is 1. The van der Waals surface area contributed by atoms with Gasteiger partial charge in [0.1, 0.15) is 12.7 Å². The molecule has 0 heterocycles. The summed E-state index contributed by atoms with van der Waals surface area (Å²) in [6.07, 6.45) is 38.2. The van der Waals surface area contributed by atoms with Crippen molar-refractivity contribution in [2.75, 3.05) is 26.4 Å². The lowest BCUT2D eigenvalue weighted by molar-refractivity contribution is -0.147. The van der Waals surface area contributed by atoms with Crippen LogP contribution < -0.4 is 5.32 Å². The fraction of sp³-hybridized carbons (Fsp3) is 0.850. The van der Waals surface area contributed by atoms with Crippen molar-refractivity contribution < 1.29 is 37.9 Å². The molecule has 0 aliphatic rings. The standard InChI is InChI=1S/C40H76NO8P/c1-3-5-7-9-11-13-15-16-17-18-19-20-21-23-25-27-29-31-33-40(44)47-36-38(42)37-49-50(45,46)48-35-34-41-39(43)32-30-28-26-24-22-14-12-10-8-6-4-2/h10,12,17-18,38,42H,3-9,11,13-16,19-37H2,1-2H3,(H,41,43)(H,45,46)/b12-10-,18-17-. The minimum atomic E-state index is -4.41. The molecule has 2 atom stereocenters. The highest BCUT2D eigenvalue weighted by molar-refractivity contribution is 7.47. The summed E-state index contributed by atoms with van der Waals surface area (Å²) in [4.78, 5) is 33.8. The van der Waals surface area contributed by atoms with Crippen molar-refractivity contribution in [3.63, 3.8) is 0 Å². The Labute approximate surface area is 306 Å². The maximum Gasteiger partial charge on any atom is 0.472 e. The third-order valence-electron chi connectivity index (χ3n) is 8.60. The van der Waals surface area contributed by atoms with Crippen LogP contribution in [0, 0.1) is 0 Å². The van der Waals surface area contributed by atoms with Crippen molar-refractivity contribution in [2.45, 2.75) is 193 Å². The monoisotopic (exact) mass is 730 g/mol. The maximum atomic E-state index is 12.0. The van der Waals surface area contributed by atoms with Crippen LogP contribution in [-0.2, 0) is 27.9 Å². The number of esters is 1. The van der Waals surface area contributed by atoms with Gasteiger partial charge in [-0.15, -0.1) is 0 Å². The van der Waals surface area contributed by atoms with E-state index >= 15 is 0 Å². The minimum absolute atomic E-state index is 0.0777. The molecule has 0 saturated heterocycles. The third-order valence-corrected chi connectivity index (χ3v) is 9.59. The predicted molar refractivity (Wildman–Crippen MR) is 206 cm³/mol. The molecular weight excluding hydrogens is 653 g/mol. The lowest BCUT2D eigenvalue weighted by atomic mass is 10.1. The van der Waals surface area contributed by atoms with Crippen LogP contribution in [0.25, 0.3) is 0 Å². The van der Waals surface area contributed by atoms with Crippen LogP contribution in [0.4, 0.5) is 0 Å². The molecule has 0 spiro atoms. The summed E-state index contributed by atoms with van der Waals surface area (Å²) in [5, 5.41) is 12.7. The van der Waals surface area contributed by atoms with Crippen LogP contribution in [0.1, 0.15) is 187 Å². The van der Waals surface area contributed by atoms with Crippen molar-refractivity contribution in [3.05, 3.63) is 24.3 Å². The number of aliphatic hydroxyl groups is 1. The van der Waals surface area contributed by atoms with E-state index in [0.717, 1.165) is 51.4 Å². The van der Waals surface area contributed by atoms with Crippen molar-refractivity contribution in [3.8, 4) is 0 Å². The minimum Gasteiger partial charge on any atom is -0.463 e. The smallest absolute Gasteiger partial charge is 0.463 e. The Hall–Kier alpha value is -1.51. The van der Waals surface area contributed by atoms with Crippen LogP contribution in [0.15, 0.2) is 24.3 Å². The molecule has 0 aliphatic heterocycles. The first kappa shape index (κ1) is 48.5. The fourth-order valence-corrected chi connectivity index (χ4v) is 6.23. The molecule has 0 aromatic carbocycles. The lowest BCUT2D eigenvalue weighted by Crippen LogP contribution is -2.27. The molecule has 2 unspecified atom stereocenters. The van der Waals surface area contributed by atoms with Crippen molar-refractivity contribution in [1.29, 1.82) is 0 Å². The van der Waals surface area contributed by atoms with Crippen LogP contribution in [0.3, 0.4) is 0 Å². The number of carbonyl (C=O) groups excluding carboxylic acids is 2. The molecule has 0 radical (unpaired) electrons. The molecule has 0 aromatic rings. The number of carbonyl (C=O) groups is 2. The molecule has 0 rings (SSSR count). The average Bonchev–Trinajstić information content (AvgIpc) is 3.10. The predicted octanol–water partition coefficient (Wildman–Crippen LogP) is 10.8. The summed E-state index contributed by atoms with van der Waals surface area (Å²) in [5.41, 5.74) is 0. The lowest BCUT2D eigenvalue weighted by Gasteiger charge is -2.15. The highest BCUT2D eigenvalue weighted by Crippen LogP contribution is 2.42. The zero-order valence-electron chi connectivity index (χ0n) is 32.1. The van der Waals surface area contributed by atoms with Gasteiger partial charge in [0.2, 0.25) is 5.91 Å². The molecule has 0 fully saturated rings. The SMILES string of the molecule is CCCC/C=C\CCCCCCCC(=O)NCCOP(=O)(O)OCC(O)COC(=O)CCCCCCCCC/C=C\CCCCCCCCC. The van der Waals surface area contributed by atoms with E-state index in [-0.39, 0.29) is 32.1 Å². The van der Waals surface area contributed by atoms with E-state index in [0.29, 0.717) is 6.42 Å². The molecule has 0 aliphatic carbocycles. The van der Waals surface area contributed by atoms with Crippen LogP contribution in [0.5, 0.6) is 0 Å². The number of aliphatic hydroxyl groups excluding tert-OH is 1. The first-order valence-corrected chi connectivity index (χ1v) is 21.8. The Kier molecular flexibility index (Phi) is 36.1. The summed E-state index contributed by atoms with van der Waals surface area (Å²) in [6.45, 7) is 3.50. The summed E-state index contributed by atoms with van der Waals surface area (Å²) in [6, 6.07) is 0. The highest BCUT2D eigenvalue weighted by Gasteiger charge is 2.23. The van der Waals surface area contributed by atoms with Gasteiger partial charge in [-0.05, 0) is 57.8 Å². The molecule has 1 amide bonds. The number of allylic oxidation sites excluding steroid dienone is 4. The summed E-state index contributed by atoms with van der Waals surface area (Å²) in [5.74, 6) is -0.529. The van der Waals surface area contributed by atoms with Gasteiger partial charge in [-0.1, -0.05) is 141 Å². The van der Waals surface area contributed by atoms with Gasteiger partial charge >= 0.3 is 13.8 Å². The first-order valence-electron chi connectivity index (χ1n) is 20.3. The summed E-state index contributed by atoms with van der Waals surface area (Å²) < 4.78 is 26.8. The van der Waals surface area contributed by atoms with E-state index < -0.39 is 26.5 Å². The average molecular weight is 730 g/mol. The summed E-state index contributed by atoms with van der Waals surface area (Å²) in [7, 11) is -4.41. The number of amides is 1. The zero-order valence-corrected chi connectivity index (χ0v) is 33.0. The molecule has 9 nitrogen and oxygen atoms in total. The quantitative estimate of drug-likeness (QED) is 0.0248. The number of hydrogen-bond donors (Lipinski definition) is 3. The number of rotatable bonds is 38. The Morgan fingerprint density at radius 2 is 1.04 bits per heavy atom. The van der Waals surface area contributed by atoms with Gasteiger partial charge in [-0.2, -0.15) is 0 Å². The second-order valence-corrected chi connectivity index (χ2v) is 15.1. The molecule has 3 N–H and O–H groups in total. The Balaban J connectivity index is 3.61. The van der Waals surface area contributed by atoms with Crippen LogP contribution in [-0.4, -0.2) is 54.3 Å². The summed E-state index contributed by atoms with van der Waals surface area (Å²) >= 11 is 0. The zero-order chi connectivity index (χ0) is 36.8. The van der Waals surface area contributed by atoms with Gasteiger partial charge < -0.3 is 20.1 Å². The van der Waals surface area contributed by atoms with Gasteiger partial charge in [0.05, 0.1) is 13.2 Å². The van der Waals surface area contributed by atoms with E-state index in [9.17, 15) is 24.2 Å². The second kappa shape index (κ2) is 37.3. The van der Waals surface area contributed by atoms with Gasteiger partial charge in [-0.25, -0.2) is 4.57 Å². The highest BCUT2D eigenvalue weighted by atomic mass is 31.2. The van der Waals surface area contributed by atoms with Gasteiger partial charge in [-0.3, -0.25) is 18.6 Å². The van der Waals surface area contributed by atoms with Gasteiger partial charge in [0.25, 0.3) is 0 Å². The van der Waals surface area contributed by atoms with E-state index in [2.05, 4.69) is 43.5 Å². The molecule has 0 bridgehead atoms. The molecule has 0 saturated carbocycles. The van der Waals surface area contributed by atoms with E-state index in [1.807, 2.05) is 0 Å². The third kappa shape index (κ3) is 37.7. The van der Waals surface area contributed by atoms with E-state index in [1.165, 1.54) is 109 Å². The number of phosphoric ester groups is 1. The molecule has 10 heteroatoms. The van der Waals surface area contributed by atoms with Gasteiger partial charge in [0, 0.05) is 19.4 Å². The van der Waals surface area contributed by atoms with E-state index in [1.54, 1.807) is 0 Å². The Morgan fingerprint density at radius 3 is 1.56 bits per heavy atom. The molecule has 294 valence electrons. The number of hydrogen-bond acceptors (Lipinski definition) is 7. The molecule has 0 aromatic heterocycles. The van der Waals surface area contributed by atoms with Crippen molar-refractivity contribution in [1.82, 2.24) is 5.32 Å². The maximum absolute atomic E-state index is 12.0.